The summed E-state index contributed by atoms with van der Waals surface area (Å²) >= 11 is 0. The lowest BCUT2D eigenvalue weighted by Crippen LogP contribution is -2.12. The number of benzene rings is 1. The molecule has 0 unspecified atom stereocenters. The predicted octanol–water partition coefficient (Wildman–Crippen LogP) is 0.911. The van der Waals surface area contributed by atoms with E-state index in [1.54, 1.807) is 30.3 Å². The van der Waals surface area contributed by atoms with E-state index >= 15 is 0 Å². The van der Waals surface area contributed by atoms with Crippen molar-refractivity contribution in [2.24, 2.45) is 0 Å². The second-order valence-electron chi connectivity index (χ2n) is 3.35. The van der Waals surface area contributed by atoms with Gasteiger partial charge in [0.2, 0.25) is 0 Å². The maximum atomic E-state index is 11.0. The summed E-state index contributed by atoms with van der Waals surface area (Å²) < 4.78 is 22.0. The molecule has 0 atom stereocenters. The monoisotopic (exact) mass is 266 g/mol. The summed E-state index contributed by atoms with van der Waals surface area (Å²) in [6.07, 6.45) is -0.352. The average molecular weight is 266 g/mol. The standard InChI is InChI=1S/C8H12O6P2/c9-15(10,11)8(16(12,13)14)6-7-4-2-1-3-5-7/h1-5,8H,6H2,(H2,9,10,11)(H2,12,13,14). The van der Waals surface area contributed by atoms with Crippen LogP contribution in [0.4, 0.5) is 0 Å². The van der Waals surface area contributed by atoms with Gasteiger partial charge in [-0.1, -0.05) is 30.3 Å². The molecule has 0 radical (unpaired) electrons. The van der Waals surface area contributed by atoms with Crippen molar-refractivity contribution >= 4 is 15.2 Å². The molecule has 0 aliphatic carbocycles. The Bertz CT molecular complexity index is 411. The van der Waals surface area contributed by atoms with E-state index in [0.717, 1.165) is 0 Å². The van der Waals surface area contributed by atoms with Crippen LogP contribution in [-0.4, -0.2) is 25.0 Å². The van der Waals surface area contributed by atoms with Crippen molar-refractivity contribution in [2.75, 3.05) is 0 Å². The van der Waals surface area contributed by atoms with Crippen molar-refractivity contribution in [2.45, 2.75) is 11.8 Å². The van der Waals surface area contributed by atoms with Gasteiger partial charge in [0, 0.05) is 0 Å². The third-order valence-corrected chi connectivity index (χ3v) is 5.76. The van der Waals surface area contributed by atoms with Crippen LogP contribution in [0.1, 0.15) is 5.56 Å². The number of rotatable bonds is 4. The summed E-state index contributed by atoms with van der Waals surface area (Å²) in [5.74, 6) is 0. The van der Waals surface area contributed by atoms with Gasteiger partial charge < -0.3 is 19.6 Å². The van der Waals surface area contributed by atoms with E-state index in [-0.39, 0.29) is 6.42 Å². The first-order chi connectivity index (χ1) is 7.21. The molecule has 0 aromatic heterocycles. The van der Waals surface area contributed by atoms with Crippen molar-refractivity contribution in [3.05, 3.63) is 35.9 Å². The van der Waals surface area contributed by atoms with Crippen LogP contribution < -0.4 is 0 Å². The summed E-state index contributed by atoms with van der Waals surface area (Å²) in [5, 5.41) is -1.97. The summed E-state index contributed by atoms with van der Waals surface area (Å²) in [7, 11) is -9.65. The first-order valence-corrected chi connectivity index (χ1v) is 7.72. The summed E-state index contributed by atoms with van der Waals surface area (Å²) in [6, 6.07) is 8.07. The summed E-state index contributed by atoms with van der Waals surface area (Å²) in [5.41, 5.74) is 0.471. The van der Waals surface area contributed by atoms with Crippen LogP contribution in [0, 0.1) is 0 Å². The molecule has 1 rings (SSSR count). The molecule has 0 amide bonds. The molecule has 90 valence electrons. The van der Waals surface area contributed by atoms with Gasteiger partial charge in [0.1, 0.15) is 0 Å². The predicted molar refractivity (Wildman–Crippen MR) is 58.0 cm³/mol. The van der Waals surface area contributed by atoms with Gasteiger partial charge >= 0.3 is 15.2 Å². The Labute approximate surface area is 92.3 Å². The molecule has 0 aliphatic heterocycles. The molecule has 6 nitrogen and oxygen atoms in total. The highest BCUT2D eigenvalue weighted by molar-refractivity contribution is 7.70. The lowest BCUT2D eigenvalue weighted by Gasteiger charge is -2.19. The Morgan fingerprint density at radius 2 is 1.38 bits per heavy atom. The Balaban J connectivity index is 2.99. The molecule has 0 fully saturated rings. The summed E-state index contributed by atoms with van der Waals surface area (Å²) in [4.78, 5) is 35.6. The SMILES string of the molecule is O=P(O)(O)C(Cc1ccccc1)P(=O)(O)O. The molecule has 0 spiro atoms. The smallest absolute Gasteiger partial charge is 0.324 e. The molecule has 0 bridgehead atoms. The van der Waals surface area contributed by atoms with Crippen LogP contribution in [0.2, 0.25) is 0 Å². The summed E-state index contributed by atoms with van der Waals surface area (Å²) in [6.45, 7) is 0. The van der Waals surface area contributed by atoms with Crippen LogP contribution in [0.25, 0.3) is 0 Å². The second kappa shape index (κ2) is 4.80. The lowest BCUT2D eigenvalue weighted by molar-refractivity contribution is 0.338. The van der Waals surface area contributed by atoms with Crippen LogP contribution in [0.15, 0.2) is 30.3 Å². The third kappa shape index (κ3) is 3.83. The fourth-order valence-electron chi connectivity index (χ4n) is 1.26. The van der Waals surface area contributed by atoms with Gasteiger partial charge in [-0.2, -0.15) is 0 Å². The van der Waals surface area contributed by atoms with Gasteiger partial charge in [0.05, 0.1) is 0 Å². The molecular weight excluding hydrogens is 254 g/mol. The van der Waals surface area contributed by atoms with E-state index in [9.17, 15) is 9.13 Å². The largest absolute Gasteiger partial charge is 0.341 e. The normalized spacial score (nSPS) is 13.1. The van der Waals surface area contributed by atoms with E-state index in [2.05, 4.69) is 0 Å². The van der Waals surface area contributed by atoms with Gasteiger partial charge in [0.25, 0.3) is 0 Å². The van der Waals surface area contributed by atoms with Gasteiger partial charge in [-0.05, 0) is 12.0 Å². The molecule has 16 heavy (non-hydrogen) atoms. The van der Waals surface area contributed by atoms with E-state index in [1.165, 1.54) is 0 Å². The van der Waals surface area contributed by atoms with Crippen molar-refractivity contribution in [3.63, 3.8) is 0 Å². The van der Waals surface area contributed by atoms with Gasteiger partial charge in [-0.15, -0.1) is 0 Å². The van der Waals surface area contributed by atoms with E-state index in [0.29, 0.717) is 5.56 Å². The Morgan fingerprint density at radius 1 is 0.938 bits per heavy atom. The molecule has 1 aromatic rings. The van der Waals surface area contributed by atoms with Crippen molar-refractivity contribution < 1.29 is 28.7 Å². The molecule has 4 N–H and O–H groups in total. The van der Waals surface area contributed by atoms with Crippen molar-refractivity contribution in [1.29, 1.82) is 0 Å². The molecule has 0 saturated carbocycles. The maximum Gasteiger partial charge on any atom is 0.341 e. The van der Waals surface area contributed by atoms with E-state index < -0.39 is 20.6 Å². The highest BCUT2D eigenvalue weighted by atomic mass is 31.2. The molecule has 8 heteroatoms. The topological polar surface area (TPSA) is 115 Å². The number of hydrogen-bond acceptors (Lipinski definition) is 2. The fraction of sp³-hybridized carbons (Fsp3) is 0.250. The molecule has 0 aliphatic rings. The first kappa shape index (κ1) is 13.6. The van der Waals surface area contributed by atoms with Gasteiger partial charge in [-0.25, -0.2) is 0 Å². The maximum absolute atomic E-state index is 11.0. The van der Waals surface area contributed by atoms with Crippen LogP contribution in [0.3, 0.4) is 0 Å². The quantitative estimate of drug-likeness (QED) is 0.602. The second-order valence-corrected chi connectivity index (χ2v) is 7.36. The van der Waals surface area contributed by atoms with E-state index in [4.69, 9.17) is 19.6 Å². The highest BCUT2D eigenvalue weighted by Gasteiger charge is 2.42. The van der Waals surface area contributed by atoms with Crippen LogP contribution >= 0.6 is 15.2 Å². The number of hydrogen-bond donors (Lipinski definition) is 4. The molecular formula is C8H12O6P2. The minimum Gasteiger partial charge on any atom is -0.324 e. The van der Waals surface area contributed by atoms with Crippen LogP contribution in [0.5, 0.6) is 0 Å². The third-order valence-electron chi connectivity index (χ3n) is 2.04. The molecule has 0 saturated heterocycles. The van der Waals surface area contributed by atoms with Gasteiger partial charge in [-0.3, -0.25) is 9.13 Å². The van der Waals surface area contributed by atoms with Gasteiger partial charge in [0.15, 0.2) is 5.40 Å². The highest BCUT2D eigenvalue weighted by Crippen LogP contribution is 2.60. The van der Waals surface area contributed by atoms with E-state index in [1.807, 2.05) is 0 Å². The minimum atomic E-state index is -4.83. The zero-order chi connectivity index (χ0) is 12.4. The Hall–Kier alpha value is -0.480. The molecule has 0 heterocycles. The minimum absolute atomic E-state index is 0.352. The zero-order valence-electron chi connectivity index (χ0n) is 8.17. The lowest BCUT2D eigenvalue weighted by atomic mass is 10.2. The van der Waals surface area contributed by atoms with Crippen LogP contribution in [-0.2, 0) is 15.6 Å². The fourth-order valence-corrected chi connectivity index (χ4v) is 3.72. The molecule has 1 aromatic carbocycles. The average Bonchev–Trinajstić information content (AvgIpc) is 2.12. The Kier molecular flexibility index (Phi) is 4.07. The van der Waals surface area contributed by atoms with Crippen molar-refractivity contribution in [1.82, 2.24) is 0 Å². The zero-order valence-corrected chi connectivity index (χ0v) is 9.96. The first-order valence-electron chi connectivity index (χ1n) is 4.35. The van der Waals surface area contributed by atoms with Crippen molar-refractivity contribution in [3.8, 4) is 0 Å². The Morgan fingerprint density at radius 3 is 1.75 bits per heavy atom.